The van der Waals surface area contributed by atoms with Crippen molar-refractivity contribution >= 4 is 16.7 Å². The normalized spacial score (nSPS) is 13.5. The largest absolute Gasteiger partial charge is 0.416 e. The lowest BCUT2D eigenvalue weighted by Crippen LogP contribution is -2.30. The third-order valence-corrected chi connectivity index (χ3v) is 5.33. The number of benzene rings is 1. The second kappa shape index (κ2) is 8.04. The summed E-state index contributed by atoms with van der Waals surface area (Å²) in [5, 5.41) is 6.11. The Hall–Kier alpha value is -3.79. The van der Waals surface area contributed by atoms with Crippen LogP contribution in [0.25, 0.3) is 27.9 Å². The minimum Gasteiger partial charge on any atom is -0.397 e. The van der Waals surface area contributed by atoms with Crippen LogP contribution in [0.15, 0.2) is 61.3 Å². The van der Waals surface area contributed by atoms with Gasteiger partial charge in [-0.15, -0.1) is 0 Å². The van der Waals surface area contributed by atoms with Crippen molar-refractivity contribution in [2.75, 3.05) is 0 Å². The number of H-pyrrole nitrogens is 1. The first kappa shape index (κ1) is 21.4. The average molecular weight is 441 g/mol. The van der Waals surface area contributed by atoms with Crippen molar-refractivity contribution in [3.8, 4) is 11.1 Å². The number of hydrazine groups is 1. The molecular formula is C22H22F3N7. The molecule has 1 atom stereocenters. The van der Waals surface area contributed by atoms with Crippen LogP contribution >= 0.6 is 0 Å². The highest BCUT2D eigenvalue weighted by Crippen LogP contribution is 2.36. The van der Waals surface area contributed by atoms with E-state index in [1.54, 1.807) is 36.3 Å². The zero-order chi connectivity index (χ0) is 23.0. The predicted octanol–water partition coefficient (Wildman–Crippen LogP) is 4.18. The fraction of sp³-hybridized carbons (Fsp3) is 0.182. The number of nitrogens with zero attached hydrogens (tertiary/aromatic N) is 4. The first-order chi connectivity index (χ1) is 15.1. The number of rotatable bonds is 5. The molecule has 10 heteroatoms. The zero-order valence-corrected chi connectivity index (χ0v) is 17.4. The standard InChI is InChI=1S/C22H22F3N7/c1-13(16-5-3-4-6-19(16)22(23,24)25)32(27)12-20(26)18-10-29-21-17(18)7-14(8-28-21)15-9-30-31(2)11-15/h3-13H,26-27H2,1-2H3,(H,28,29)/b20-12-. The molecule has 0 aliphatic heterocycles. The van der Waals surface area contributed by atoms with Gasteiger partial charge in [0.25, 0.3) is 0 Å². The van der Waals surface area contributed by atoms with Gasteiger partial charge in [-0.25, -0.2) is 10.8 Å². The van der Waals surface area contributed by atoms with Crippen molar-refractivity contribution in [2.24, 2.45) is 18.6 Å². The number of aryl methyl sites for hydroxylation is 1. The minimum absolute atomic E-state index is 0.0611. The maximum atomic E-state index is 13.4. The van der Waals surface area contributed by atoms with Crippen LogP contribution in [-0.4, -0.2) is 24.8 Å². The van der Waals surface area contributed by atoms with Crippen molar-refractivity contribution in [3.05, 3.63) is 78.0 Å². The third kappa shape index (κ3) is 4.04. The van der Waals surface area contributed by atoms with Gasteiger partial charge in [-0.2, -0.15) is 18.3 Å². The summed E-state index contributed by atoms with van der Waals surface area (Å²) in [5.74, 6) is 6.11. The van der Waals surface area contributed by atoms with E-state index < -0.39 is 17.8 Å². The summed E-state index contributed by atoms with van der Waals surface area (Å²) in [7, 11) is 1.83. The molecule has 166 valence electrons. The summed E-state index contributed by atoms with van der Waals surface area (Å²) in [6, 6.07) is 6.51. The molecule has 0 fully saturated rings. The molecule has 0 saturated heterocycles. The van der Waals surface area contributed by atoms with Gasteiger partial charge in [0.1, 0.15) is 5.65 Å². The Morgan fingerprint density at radius 2 is 1.97 bits per heavy atom. The highest BCUT2D eigenvalue weighted by molar-refractivity contribution is 5.92. The van der Waals surface area contributed by atoms with E-state index in [-0.39, 0.29) is 5.56 Å². The van der Waals surface area contributed by atoms with Gasteiger partial charge in [-0.05, 0) is 24.6 Å². The Morgan fingerprint density at radius 1 is 1.22 bits per heavy atom. The van der Waals surface area contributed by atoms with E-state index in [4.69, 9.17) is 11.6 Å². The number of alkyl halides is 3. The topological polar surface area (TPSA) is 102 Å². The number of aromatic amines is 1. The third-order valence-electron chi connectivity index (χ3n) is 5.33. The lowest BCUT2D eigenvalue weighted by Gasteiger charge is -2.26. The molecular weight excluding hydrogens is 419 g/mol. The molecule has 0 spiro atoms. The van der Waals surface area contributed by atoms with Gasteiger partial charge < -0.3 is 15.7 Å². The SMILES string of the molecule is CC(c1ccccc1C(F)(F)F)N(N)/C=C(\N)c1c[nH]c2ncc(-c3cnn(C)c3)cc12. The molecule has 4 aromatic rings. The molecule has 0 aliphatic carbocycles. The van der Waals surface area contributed by atoms with Gasteiger partial charge in [0.05, 0.1) is 23.5 Å². The highest BCUT2D eigenvalue weighted by atomic mass is 19.4. The summed E-state index contributed by atoms with van der Waals surface area (Å²) < 4.78 is 41.9. The van der Waals surface area contributed by atoms with Crippen LogP contribution in [0.3, 0.4) is 0 Å². The number of nitrogens with one attached hydrogen (secondary N) is 1. The fourth-order valence-corrected chi connectivity index (χ4v) is 3.59. The molecule has 32 heavy (non-hydrogen) atoms. The smallest absolute Gasteiger partial charge is 0.397 e. The Labute approximate surface area is 182 Å². The van der Waals surface area contributed by atoms with Crippen molar-refractivity contribution in [1.82, 2.24) is 24.8 Å². The van der Waals surface area contributed by atoms with E-state index in [0.717, 1.165) is 22.6 Å². The van der Waals surface area contributed by atoms with E-state index in [2.05, 4.69) is 15.1 Å². The fourth-order valence-electron chi connectivity index (χ4n) is 3.59. The number of fused-ring (bicyclic) bond motifs is 1. The van der Waals surface area contributed by atoms with Gasteiger partial charge in [0.15, 0.2) is 0 Å². The molecule has 3 heterocycles. The second-order valence-corrected chi connectivity index (χ2v) is 7.52. The van der Waals surface area contributed by atoms with E-state index in [0.29, 0.717) is 16.9 Å². The van der Waals surface area contributed by atoms with E-state index in [9.17, 15) is 13.2 Å². The summed E-state index contributed by atoms with van der Waals surface area (Å²) in [5.41, 5.74) is 8.94. The summed E-state index contributed by atoms with van der Waals surface area (Å²) >= 11 is 0. The quantitative estimate of drug-likeness (QED) is 0.319. The van der Waals surface area contributed by atoms with Crippen LogP contribution in [0.4, 0.5) is 13.2 Å². The molecule has 7 nitrogen and oxygen atoms in total. The molecule has 3 aromatic heterocycles. The molecule has 0 bridgehead atoms. The molecule has 5 N–H and O–H groups in total. The Bertz CT molecular complexity index is 1290. The Balaban J connectivity index is 1.67. The van der Waals surface area contributed by atoms with Crippen molar-refractivity contribution < 1.29 is 13.2 Å². The Morgan fingerprint density at radius 3 is 2.66 bits per heavy atom. The molecule has 0 radical (unpaired) electrons. The van der Waals surface area contributed by atoms with Crippen LogP contribution in [0.2, 0.25) is 0 Å². The monoisotopic (exact) mass is 441 g/mol. The molecule has 0 amide bonds. The molecule has 0 aliphatic rings. The van der Waals surface area contributed by atoms with Crippen LogP contribution < -0.4 is 11.6 Å². The van der Waals surface area contributed by atoms with Crippen LogP contribution in [0.5, 0.6) is 0 Å². The first-order valence-corrected chi connectivity index (χ1v) is 9.78. The van der Waals surface area contributed by atoms with E-state index >= 15 is 0 Å². The van der Waals surface area contributed by atoms with Crippen molar-refractivity contribution in [2.45, 2.75) is 19.1 Å². The molecule has 4 rings (SSSR count). The maximum absolute atomic E-state index is 13.4. The number of pyridine rings is 1. The van der Waals surface area contributed by atoms with Crippen LogP contribution in [0.1, 0.15) is 29.7 Å². The summed E-state index contributed by atoms with van der Waals surface area (Å²) in [6.07, 6.45) is 3.97. The van der Waals surface area contributed by atoms with E-state index in [1.165, 1.54) is 23.3 Å². The van der Waals surface area contributed by atoms with Crippen molar-refractivity contribution in [1.29, 1.82) is 0 Å². The van der Waals surface area contributed by atoms with Gasteiger partial charge in [-0.3, -0.25) is 4.68 Å². The molecule has 1 unspecified atom stereocenters. The number of nitrogens with two attached hydrogens (primary N) is 2. The first-order valence-electron chi connectivity index (χ1n) is 9.78. The van der Waals surface area contributed by atoms with E-state index in [1.807, 2.05) is 19.3 Å². The Kier molecular flexibility index (Phi) is 5.39. The number of aromatic nitrogens is 4. The summed E-state index contributed by atoms with van der Waals surface area (Å²) in [6.45, 7) is 1.59. The highest BCUT2D eigenvalue weighted by Gasteiger charge is 2.34. The summed E-state index contributed by atoms with van der Waals surface area (Å²) in [4.78, 5) is 7.48. The van der Waals surface area contributed by atoms with Gasteiger partial charge in [0, 0.05) is 53.9 Å². The number of hydrogen-bond donors (Lipinski definition) is 3. The number of halogens is 3. The average Bonchev–Trinajstić information content (AvgIpc) is 3.38. The number of hydrogen-bond acceptors (Lipinski definition) is 5. The van der Waals surface area contributed by atoms with Gasteiger partial charge >= 0.3 is 6.18 Å². The van der Waals surface area contributed by atoms with Crippen LogP contribution in [0, 0.1) is 0 Å². The van der Waals surface area contributed by atoms with Gasteiger partial charge in [-0.1, -0.05) is 18.2 Å². The maximum Gasteiger partial charge on any atom is 0.416 e. The molecule has 1 aromatic carbocycles. The predicted molar refractivity (Wildman–Crippen MR) is 116 cm³/mol. The van der Waals surface area contributed by atoms with Gasteiger partial charge in [0.2, 0.25) is 0 Å². The lowest BCUT2D eigenvalue weighted by atomic mass is 10.0. The minimum atomic E-state index is -4.48. The zero-order valence-electron chi connectivity index (χ0n) is 17.4. The van der Waals surface area contributed by atoms with Crippen molar-refractivity contribution in [3.63, 3.8) is 0 Å². The van der Waals surface area contributed by atoms with Crippen LogP contribution in [-0.2, 0) is 13.2 Å². The second-order valence-electron chi connectivity index (χ2n) is 7.52. The lowest BCUT2D eigenvalue weighted by molar-refractivity contribution is -0.138. The molecule has 0 saturated carbocycles.